The molecule has 1 spiro atoms. The minimum absolute atomic E-state index is 0.0392. The highest BCUT2D eigenvalue weighted by Crippen LogP contribution is 2.38. The van der Waals surface area contributed by atoms with Crippen molar-refractivity contribution in [3.8, 4) is 0 Å². The number of sulfonamides is 1. The van der Waals surface area contributed by atoms with Gasteiger partial charge in [-0.05, 0) is 86.6 Å². The van der Waals surface area contributed by atoms with E-state index in [9.17, 15) is 22.8 Å². The summed E-state index contributed by atoms with van der Waals surface area (Å²) >= 11 is 0. The SMILES string of the molecule is Cc1cc(N2C(=O)CNC2=O)ccc1C=CS(=O)(=O)N1CCC2(CC1)N=C(C1CCC(C(C)C)CC1)NC2=O. The molecule has 0 unspecified atom stereocenters. The number of anilines is 1. The Balaban J connectivity index is 1.22. The van der Waals surface area contributed by atoms with Crippen molar-refractivity contribution in [3.05, 3.63) is 34.7 Å². The van der Waals surface area contributed by atoms with Crippen molar-refractivity contribution in [2.45, 2.75) is 64.8 Å². The summed E-state index contributed by atoms with van der Waals surface area (Å²) in [5.41, 5.74) is 0.970. The summed E-state index contributed by atoms with van der Waals surface area (Å²) in [5.74, 6) is 2.04. The van der Waals surface area contributed by atoms with E-state index >= 15 is 0 Å². The van der Waals surface area contributed by atoms with Crippen LogP contribution in [0, 0.1) is 24.7 Å². The maximum Gasteiger partial charge on any atom is 0.329 e. The average Bonchev–Trinajstić information content (AvgIpc) is 3.41. The second-order valence-electron chi connectivity index (χ2n) is 11.5. The van der Waals surface area contributed by atoms with Crippen LogP contribution in [0.25, 0.3) is 6.08 Å². The van der Waals surface area contributed by atoms with Crippen LogP contribution in [0.5, 0.6) is 0 Å². The van der Waals surface area contributed by atoms with Crippen molar-refractivity contribution in [2.24, 2.45) is 22.7 Å². The van der Waals surface area contributed by atoms with Crippen LogP contribution in [-0.2, 0) is 19.6 Å². The summed E-state index contributed by atoms with van der Waals surface area (Å²) in [7, 11) is -3.71. The van der Waals surface area contributed by atoms with Crippen molar-refractivity contribution in [1.29, 1.82) is 0 Å². The first kappa shape index (κ1) is 27.5. The summed E-state index contributed by atoms with van der Waals surface area (Å²) in [6, 6.07) is 4.52. The third-order valence-corrected chi connectivity index (χ3v) is 10.3. The smallest absolute Gasteiger partial charge is 0.328 e. The molecular weight excluding hydrogens is 518 g/mol. The predicted octanol–water partition coefficient (Wildman–Crippen LogP) is 3.18. The largest absolute Gasteiger partial charge is 0.329 e. The first-order chi connectivity index (χ1) is 18.5. The molecule has 3 heterocycles. The van der Waals surface area contributed by atoms with E-state index in [1.807, 2.05) is 0 Å². The highest BCUT2D eigenvalue weighted by Gasteiger charge is 2.48. The molecule has 0 radical (unpaired) electrons. The number of benzene rings is 1. The number of hydrogen-bond acceptors (Lipinski definition) is 6. The summed E-state index contributed by atoms with van der Waals surface area (Å²) < 4.78 is 27.6. The molecule has 2 saturated heterocycles. The number of piperidine rings is 1. The standard InChI is InChI=1S/C28H37N5O5S/c1-18(2)20-4-6-22(7-5-20)25-30-26(35)28(31-25)11-13-32(14-12-28)39(37,38)15-10-21-8-9-23(16-19(21)3)33-24(34)17-29-27(33)36/h8-10,15-16,18,20,22H,4-7,11-14,17H2,1-3H3,(H,29,36)(H,30,31,35). The highest BCUT2D eigenvalue weighted by atomic mass is 32.2. The molecule has 4 amide bonds. The quantitative estimate of drug-likeness (QED) is 0.521. The molecule has 1 aliphatic carbocycles. The molecule has 0 bridgehead atoms. The maximum absolute atomic E-state index is 13.1. The molecule has 5 rings (SSSR count). The molecular formula is C28H37N5O5S. The first-order valence-electron chi connectivity index (χ1n) is 13.8. The molecule has 0 atom stereocenters. The Morgan fingerprint density at radius 2 is 1.77 bits per heavy atom. The maximum atomic E-state index is 13.1. The molecule has 1 aromatic rings. The molecule has 210 valence electrons. The van der Waals surface area contributed by atoms with Crippen LogP contribution >= 0.6 is 0 Å². The third-order valence-electron chi connectivity index (χ3n) is 8.78. The summed E-state index contributed by atoms with van der Waals surface area (Å²) in [4.78, 5) is 42.8. The van der Waals surface area contributed by atoms with E-state index in [-0.39, 0.29) is 37.4 Å². The Labute approximate surface area is 230 Å². The Morgan fingerprint density at radius 1 is 1.08 bits per heavy atom. The van der Waals surface area contributed by atoms with Gasteiger partial charge in [-0.3, -0.25) is 14.6 Å². The van der Waals surface area contributed by atoms with Crippen LogP contribution in [0.1, 0.15) is 63.5 Å². The zero-order chi connectivity index (χ0) is 27.9. The van der Waals surface area contributed by atoms with E-state index < -0.39 is 21.6 Å². The minimum Gasteiger partial charge on any atom is -0.328 e. The van der Waals surface area contributed by atoms with Gasteiger partial charge in [0.2, 0.25) is 10.0 Å². The molecule has 4 aliphatic rings. The van der Waals surface area contributed by atoms with Gasteiger partial charge in [-0.1, -0.05) is 19.9 Å². The Bertz CT molecular complexity index is 1320. The van der Waals surface area contributed by atoms with Crippen LogP contribution in [-0.4, -0.2) is 61.6 Å². The van der Waals surface area contributed by atoms with Crippen molar-refractivity contribution in [1.82, 2.24) is 14.9 Å². The number of urea groups is 1. The van der Waals surface area contributed by atoms with Gasteiger partial charge in [0, 0.05) is 24.4 Å². The number of carbonyl (C=O) groups is 3. The Kier molecular flexibility index (Phi) is 7.41. The van der Waals surface area contributed by atoms with Gasteiger partial charge in [0.25, 0.3) is 11.8 Å². The number of rotatable bonds is 6. The lowest BCUT2D eigenvalue weighted by molar-refractivity contribution is -0.125. The molecule has 3 fully saturated rings. The van der Waals surface area contributed by atoms with Crippen LogP contribution in [0.3, 0.4) is 0 Å². The number of amides is 4. The van der Waals surface area contributed by atoms with E-state index in [1.165, 1.54) is 15.8 Å². The topological polar surface area (TPSA) is 128 Å². The number of aryl methyl sites for hydroxylation is 1. The van der Waals surface area contributed by atoms with Gasteiger partial charge < -0.3 is 10.6 Å². The first-order valence-corrected chi connectivity index (χ1v) is 15.3. The van der Waals surface area contributed by atoms with E-state index in [1.54, 1.807) is 25.1 Å². The second-order valence-corrected chi connectivity index (χ2v) is 13.3. The van der Waals surface area contributed by atoms with Gasteiger partial charge >= 0.3 is 6.03 Å². The molecule has 1 saturated carbocycles. The number of imide groups is 1. The molecule has 10 nitrogen and oxygen atoms in total. The Hall–Kier alpha value is -3.05. The summed E-state index contributed by atoms with van der Waals surface area (Å²) in [5, 5.41) is 6.71. The average molecular weight is 556 g/mol. The van der Waals surface area contributed by atoms with Crippen LogP contribution in [0.15, 0.2) is 28.6 Å². The van der Waals surface area contributed by atoms with Gasteiger partial charge in [0.15, 0.2) is 0 Å². The van der Waals surface area contributed by atoms with E-state index in [0.29, 0.717) is 30.0 Å². The zero-order valence-corrected chi connectivity index (χ0v) is 23.6. The van der Waals surface area contributed by atoms with Gasteiger partial charge in [-0.2, -0.15) is 4.31 Å². The molecule has 2 N–H and O–H groups in total. The van der Waals surface area contributed by atoms with Gasteiger partial charge in [-0.25, -0.2) is 18.1 Å². The monoisotopic (exact) mass is 555 g/mol. The normalized spacial score (nSPS) is 26.0. The highest BCUT2D eigenvalue weighted by molar-refractivity contribution is 7.92. The van der Waals surface area contributed by atoms with Gasteiger partial charge in [-0.15, -0.1) is 0 Å². The van der Waals surface area contributed by atoms with Crippen LogP contribution in [0.4, 0.5) is 10.5 Å². The third kappa shape index (κ3) is 5.38. The molecule has 39 heavy (non-hydrogen) atoms. The number of carbonyl (C=O) groups excluding carboxylic acids is 3. The van der Waals surface area contributed by atoms with Crippen molar-refractivity contribution in [3.63, 3.8) is 0 Å². The number of nitrogens with one attached hydrogen (secondary N) is 2. The molecule has 3 aliphatic heterocycles. The van der Waals surface area contributed by atoms with Gasteiger partial charge in [0.1, 0.15) is 11.4 Å². The van der Waals surface area contributed by atoms with Crippen molar-refractivity contribution >= 4 is 45.5 Å². The fraction of sp³-hybridized carbons (Fsp3) is 0.571. The zero-order valence-electron chi connectivity index (χ0n) is 22.8. The van der Waals surface area contributed by atoms with Crippen LogP contribution in [0.2, 0.25) is 0 Å². The Morgan fingerprint density at radius 3 is 2.36 bits per heavy atom. The fourth-order valence-electron chi connectivity index (χ4n) is 6.16. The lowest BCUT2D eigenvalue weighted by Gasteiger charge is -2.34. The number of hydrogen-bond donors (Lipinski definition) is 2. The van der Waals surface area contributed by atoms with Gasteiger partial charge in [0.05, 0.1) is 12.2 Å². The molecule has 11 heteroatoms. The lowest BCUT2D eigenvalue weighted by Crippen LogP contribution is -2.50. The van der Waals surface area contributed by atoms with E-state index in [2.05, 4.69) is 24.5 Å². The van der Waals surface area contributed by atoms with Crippen molar-refractivity contribution in [2.75, 3.05) is 24.5 Å². The number of aliphatic imine (C=N–C) groups is 1. The second kappa shape index (κ2) is 10.5. The molecule has 1 aromatic carbocycles. The van der Waals surface area contributed by atoms with Crippen LogP contribution < -0.4 is 15.5 Å². The predicted molar refractivity (Wildman–Crippen MR) is 149 cm³/mol. The summed E-state index contributed by atoms with van der Waals surface area (Å²) in [6.07, 6.45) is 6.60. The van der Waals surface area contributed by atoms with E-state index in [4.69, 9.17) is 4.99 Å². The lowest BCUT2D eigenvalue weighted by atomic mass is 9.76. The minimum atomic E-state index is -3.71. The molecule has 0 aromatic heterocycles. The van der Waals surface area contributed by atoms with E-state index in [0.717, 1.165) is 47.9 Å². The summed E-state index contributed by atoms with van der Waals surface area (Å²) in [6.45, 7) is 6.73. The van der Waals surface area contributed by atoms with Crippen molar-refractivity contribution < 1.29 is 22.8 Å². The number of amidine groups is 1. The fourth-order valence-corrected chi connectivity index (χ4v) is 7.34. The number of nitrogens with zero attached hydrogens (tertiary/aromatic N) is 3.